The van der Waals surface area contributed by atoms with Crippen molar-refractivity contribution in [3.63, 3.8) is 0 Å². The number of guanidine groups is 1. The molecule has 3 N–H and O–H groups in total. The second-order valence-electron chi connectivity index (χ2n) is 8.50. The van der Waals surface area contributed by atoms with E-state index in [1.165, 1.54) is 5.56 Å². The number of aliphatic imine (C=N–C) groups is 1. The van der Waals surface area contributed by atoms with E-state index in [4.69, 9.17) is 4.74 Å². The minimum absolute atomic E-state index is 0.0729. The molecule has 1 aliphatic heterocycles. The Morgan fingerprint density at radius 2 is 1.84 bits per heavy atom. The monoisotopic (exact) mass is 437 g/mol. The van der Waals surface area contributed by atoms with Gasteiger partial charge in [0.15, 0.2) is 5.96 Å². The smallest absolute Gasteiger partial charge is 0.239 e. The molecular formula is C25H35N5O2. The summed E-state index contributed by atoms with van der Waals surface area (Å²) in [7, 11) is 1.77. The molecule has 1 fully saturated rings. The van der Waals surface area contributed by atoms with Gasteiger partial charge in [0, 0.05) is 32.4 Å². The highest BCUT2D eigenvalue weighted by Crippen LogP contribution is 2.19. The lowest BCUT2D eigenvalue weighted by Gasteiger charge is -2.28. The Balaban J connectivity index is 1.49. The molecule has 2 aromatic carbocycles. The number of ether oxygens (including phenoxy) is 1. The van der Waals surface area contributed by atoms with Crippen LogP contribution in [0, 0.1) is 5.92 Å². The Morgan fingerprint density at radius 3 is 2.47 bits per heavy atom. The van der Waals surface area contributed by atoms with Gasteiger partial charge in [-0.3, -0.25) is 9.79 Å². The van der Waals surface area contributed by atoms with Crippen molar-refractivity contribution in [2.45, 2.75) is 33.4 Å². The zero-order chi connectivity index (χ0) is 22.9. The Hall–Kier alpha value is -3.22. The molecule has 0 radical (unpaired) electrons. The molecule has 1 saturated heterocycles. The molecule has 7 nitrogen and oxygen atoms in total. The van der Waals surface area contributed by atoms with E-state index in [0.29, 0.717) is 25.6 Å². The highest BCUT2D eigenvalue weighted by atomic mass is 16.5. The molecule has 0 spiro atoms. The topological polar surface area (TPSA) is 78.0 Å². The molecule has 0 bridgehead atoms. The number of benzene rings is 2. The van der Waals surface area contributed by atoms with Crippen LogP contribution in [0.3, 0.4) is 0 Å². The number of amides is 1. The van der Waals surface area contributed by atoms with Crippen LogP contribution >= 0.6 is 0 Å². The quantitative estimate of drug-likeness (QED) is 0.437. The number of hydrogen-bond acceptors (Lipinski definition) is 4. The molecule has 0 aromatic heterocycles. The fourth-order valence-corrected chi connectivity index (χ4v) is 3.47. The first-order valence-electron chi connectivity index (χ1n) is 11.2. The number of nitrogens with zero attached hydrogens (tertiary/aromatic N) is 2. The van der Waals surface area contributed by atoms with Crippen molar-refractivity contribution in [1.82, 2.24) is 16.0 Å². The van der Waals surface area contributed by atoms with Gasteiger partial charge in [0.1, 0.15) is 5.75 Å². The summed E-state index contributed by atoms with van der Waals surface area (Å²) < 4.78 is 5.77. The van der Waals surface area contributed by atoms with Gasteiger partial charge in [0.25, 0.3) is 0 Å². The first-order chi connectivity index (χ1) is 15.4. The van der Waals surface area contributed by atoms with E-state index >= 15 is 0 Å². The zero-order valence-electron chi connectivity index (χ0n) is 19.5. The van der Waals surface area contributed by atoms with Crippen molar-refractivity contribution in [1.29, 1.82) is 0 Å². The highest BCUT2D eigenvalue weighted by molar-refractivity contribution is 5.82. The number of rotatable bonds is 8. The zero-order valence-corrected chi connectivity index (χ0v) is 19.5. The van der Waals surface area contributed by atoms with Gasteiger partial charge in [-0.15, -0.1) is 0 Å². The predicted octanol–water partition coefficient (Wildman–Crippen LogP) is 3.08. The summed E-state index contributed by atoms with van der Waals surface area (Å²) in [6, 6.07) is 16.6. The Morgan fingerprint density at radius 1 is 1.12 bits per heavy atom. The molecule has 1 heterocycles. The lowest BCUT2D eigenvalue weighted by atomic mass is 10.1. The molecule has 3 rings (SSSR count). The van der Waals surface area contributed by atoms with Gasteiger partial charge in [-0.05, 0) is 48.2 Å². The molecular weight excluding hydrogens is 402 g/mol. The average Bonchev–Trinajstić information content (AvgIpc) is 2.81. The van der Waals surface area contributed by atoms with Gasteiger partial charge >= 0.3 is 0 Å². The average molecular weight is 438 g/mol. The number of piperazine rings is 1. The van der Waals surface area contributed by atoms with Crippen molar-refractivity contribution in [2.24, 2.45) is 10.9 Å². The molecule has 32 heavy (non-hydrogen) atoms. The van der Waals surface area contributed by atoms with Crippen molar-refractivity contribution in [3.05, 3.63) is 59.7 Å². The molecule has 172 valence electrons. The number of carbonyl (C=O) groups excluding carboxylic acids is 1. The second-order valence-corrected chi connectivity index (χ2v) is 8.50. The Kier molecular flexibility index (Phi) is 8.36. The van der Waals surface area contributed by atoms with Crippen LogP contribution in [0.5, 0.6) is 5.75 Å². The van der Waals surface area contributed by atoms with Crippen LogP contribution < -0.4 is 25.6 Å². The van der Waals surface area contributed by atoms with E-state index in [0.717, 1.165) is 36.1 Å². The first-order valence-corrected chi connectivity index (χ1v) is 11.2. The predicted molar refractivity (Wildman–Crippen MR) is 130 cm³/mol. The van der Waals surface area contributed by atoms with Gasteiger partial charge < -0.3 is 25.6 Å². The molecule has 7 heteroatoms. The van der Waals surface area contributed by atoms with Crippen LogP contribution in [-0.4, -0.2) is 45.2 Å². The number of carbonyl (C=O) groups is 1. The van der Waals surface area contributed by atoms with Crippen LogP contribution in [0.4, 0.5) is 5.69 Å². The summed E-state index contributed by atoms with van der Waals surface area (Å²) in [6.45, 7) is 9.72. The summed E-state index contributed by atoms with van der Waals surface area (Å²) in [6.07, 6.45) is 0. The van der Waals surface area contributed by atoms with Gasteiger partial charge in [0.2, 0.25) is 5.91 Å². The van der Waals surface area contributed by atoms with E-state index < -0.39 is 0 Å². The van der Waals surface area contributed by atoms with Crippen molar-refractivity contribution >= 4 is 17.6 Å². The van der Waals surface area contributed by atoms with Crippen LogP contribution in [0.15, 0.2) is 53.5 Å². The Bertz CT molecular complexity index is 894. The van der Waals surface area contributed by atoms with Crippen molar-refractivity contribution in [3.8, 4) is 5.75 Å². The van der Waals surface area contributed by atoms with Gasteiger partial charge in [-0.25, -0.2) is 0 Å². The molecule has 1 unspecified atom stereocenters. The molecule has 2 aromatic rings. The third-order valence-electron chi connectivity index (χ3n) is 5.34. The maximum atomic E-state index is 11.6. The number of nitrogens with one attached hydrogen (secondary N) is 3. The van der Waals surface area contributed by atoms with E-state index in [1.54, 1.807) is 7.05 Å². The molecule has 1 atom stereocenters. The van der Waals surface area contributed by atoms with Gasteiger partial charge in [-0.2, -0.15) is 0 Å². The maximum Gasteiger partial charge on any atom is 0.239 e. The molecule has 1 aliphatic rings. The van der Waals surface area contributed by atoms with Crippen LogP contribution in [0.2, 0.25) is 0 Å². The van der Waals surface area contributed by atoms with Crippen molar-refractivity contribution in [2.75, 3.05) is 38.2 Å². The molecule has 0 aliphatic carbocycles. The van der Waals surface area contributed by atoms with E-state index in [-0.39, 0.29) is 11.9 Å². The minimum atomic E-state index is 0.0729. The van der Waals surface area contributed by atoms with Crippen molar-refractivity contribution < 1.29 is 9.53 Å². The summed E-state index contributed by atoms with van der Waals surface area (Å²) in [4.78, 5) is 18.0. The first kappa shape index (κ1) is 23.4. The summed E-state index contributed by atoms with van der Waals surface area (Å²) in [5, 5.41) is 9.66. The molecule has 1 amide bonds. The van der Waals surface area contributed by atoms with E-state index in [1.807, 2.05) is 12.1 Å². The second kappa shape index (κ2) is 11.4. The minimum Gasteiger partial charge on any atom is -0.493 e. The maximum absolute atomic E-state index is 11.6. The summed E-state index contributed by atoms with van der Waals surface area (Å²) >= 11 is 0. The van der Waals surface area contributed by atoms with Crippen LogP contribution in [-0.2, 0) is 11.3 Å². The number of hydrogen-bond donors (Lipinski definition) is 3. The Labute approximate surface area is 191 Å². The SMILES string of the molecule is CN=C(NCc1ccc(N2CCNC(=O)C2)cc1)NC(C)c1ccc(OCC(C)C)cc1. The van der Waals surface area contributed by atoms with E-state index in [2.05, 4.69) is 83.0 Å². The largest absolute Gasteiger partial charge is 0.493 e. The lowest BCUT2D eigenvalue weighted by Crippen LogP contribution is -2.47. The van der Waals surface area contributed by atoms with Gasteiger partial charge in [-0.1, -0.05) is 38.1 Å². The summed E-state index contributed by atoms with van der Waals surface area (Å²) in [5.74, 6) is 2.22. The van der Waals surface area contributed by atoms with E-state index in [9.17, 15) is 4.79 Å². The lowest BCUT2D eigenvalue weighted by molar-refractivity contribution is -0.120. The molecule has 0 saturated carbocycles. The summed E-state index contributed by atoms with van der Waals surface area (Å²) in [5.41, 5.74) is 3.39. The number of anilines is 1. The highest BCUT2D eigenvalue weighted by Gasteiger charge is 2.16. The normalized spacial score (nSPS) is 15.3. The standard InChI is InChI=1S/C25H35N5O2/c1-18(2)17-32-23-11-7-21(8-12-23)19(3)29-25(26-4)28-15-20-5-9-22(10-6-20)30-14-13-27-24(31)16-30/h5-12,18-19H,13-17H2,1-4H3,(H,27,31)(H2,26,28,29). The van der Waals surface area contributed by atoms with Crippen LogP contribution in [0.25, 0.3) is 0 Å². The fourth-order valence-electron chi connectivity index (χ4n) is 3.47. The van der Waals surface area contributed by atoms with Crippen LogP contribution in [0.1, 0.15) is 37.9 Å². The van der Waals surface area contributed by atoms with Gasteiger partial charge in [0.05, 0.1) is 19.2 Å². The third-order valence-corrected chi connectivity index (χ3v) is 5.34. The third kappa shape index (κ3) is 6.90. The fraction of sp³-hybridized carbons (Fsp3) is 0.440.